The van der Waals surface area contributed by atoms with Crippen LogP contribution in [0.4, 0.5) is 0 Å². The summed E-state index contributed by atoms with van der Waals surface area (Å²) in [4.78, 5) is 0. The molecule has 1 atom stereocenters. The molecular weight excluding hydrogens is 148 g/mol. The number of nitrogens with two attached hydrogens (primary N) is 2. The molecule has 2 nitrogen and oxygen atoms in total. The Hall–Kier alpha value is -0.500. The van der Waals surface area contributed by atoms with Crippen molar-refractivity contribution in [3.8, 4) is 0 Å². The van der Waals surface area contributed by atoms with Crippen LogP contribution in [0.3, 0.4) is 0 Å². The zero-order valence-corrected chi connectivity index (χ0v) is 8.72. The fourth-order valence-electron chi connectivity index (χ4n) is 1.52. The first kappa shape index (κ1) is 11.5. The van der Waals surface area contributed by atoms with Gasteiger partial charge in [-0.05, 0) is 38.6 Å². The van der Waals surface area contributed by atoms with E-state index >= 15 is 0 Å². The van der Waals surface area contributed by atoms with Gasteiger partial charge in [0.25, 0.3) is 0 Å². The van der Waals surface area contributed by atoms with Crippen LogP contribution in [0, 0.1) is 11.8 Å². The first-order valence-corrected chi connectivity index (χ1v) is 4.63. The largest absolute Gasteiger partial charge is 0.402 e. The smallest absolute Gasteiger partial charge is 0.00409 e. The zero-order valence-electron chi connectivity index (χ0n) is 8.72. The highest BCUT2D eigenvalue weighted by Gasteiger charge is 2.15. The van der Waals surface area contributed by atoms with Crippen molar-refractivity contribution < 1.29 is 0 Å². The van der Waals surface area contributed by atoms with E-state index in [9.17, 15) is 0 Å². The summed E-state index contributed by atoms with van der Waals surface area (Å²) in [5.41, 5.74) is 13.5. The van der Waals surface area contributed by atoms with E-state index in [-0.39, 0.29) is 0 Å². The third kappa shape index (κ3) is 3.26. The first-order chi connectivity index (χ1) is 5.50. The van der Waals surface area contributed by atoms with Crippen LogP contribution in [0.25, 0.3) is 0 Å². The molecule has 0 saturated heterocycles. The molecule has 0 aliphatic carbocycles. The summed E-state index contributed by atoms with van der Waals surface area (Å²) in [6, 6.07) is 0. The monoisotopic (exact) mass is 170 g/mol. The average molecular weight is 170 g/mol. The Balaban J connectivity index is 4.41. The Morgan fingerprint density at radius 1 is 1.25 bits per heavy atom. The van der Waals surface area contributed by atoms with Gasteiger partial charge in [-0.1, -0.05) is 19.4 Å². The molecule has 0 amide bonds. The molecule has 0 aromatic carbocycles. The average Bonchev–Trinajstić information content (AvgIpc) is 1.98. The molecule has 0 heterocycles. The molecule has 0 rings (SSSR count). The second kappa shape index (κ2) is 5.20. The first-order valence-electron chi connectivity index (χ1n) is 4.63. The predicted molar refractivity (Wildman–Crippen MR) is 54.6 cm³/mol. The van der Waals surface area contributed by atoms with Gasteiger partial charge in [0.05, 0.1) is 0 Å². The van der Waals surface area contributed by atoms with Gasteiger partial charge < -0.3 is 11.5 Å². The van der Waals surface area contributed by atoms with Gasteiger partial charge in [0.2, 0.25) is 0 Å². The lowest BCUT2D eigenvalue weighted by molar-refractivity contribution is 0.417. The molecule has 0 saturated carbocycles. The number of allylic oxidation sites excluding steroid dienone is 2. The van der Waals surface area contributed by atoms with Crippen molar-refractivity contribution in [1.82, 2.24) is 0 Å². The van der Waals surface area contributed by atoms with Crippen LogP contribution in [-0.4, -0.2) is 6.54 Å². The molecule has 0 bridgehead atoms. The van der Waals surface area contributed by atoms with E-state index in [4.69, 9.17) is 11.5 Å². The Labute approximate surface area is 76.0 Å². The Morgan fingerprint density at radius 3 is 2.00 bits per heavy atom. The van der Waals surface area contributed by atoms with E-state index in [1.165, 1.54) is 5.57 Å². The van der Waals surface area contributed by atoms with E-state index in [0.29, 0.717) is 11.8 Å². The molecule has 0 aromatic heterocycles. The lowest BCUT2D eigenvalue weighted by Crippen LogP contribution is -2.17. The molecule has 0 aromatic rings. The predicted octanol–water partition coefficient (Wildman–Crippen LogP) is 1.86. The Morgan fingerprint density at radius 2 is 1.75 bits per heavy atom. The third-order valence-corrected chi connectivity index (χ3v) is 2.46. The second-order valence-electron chi connectivity index (χ2n) is 3.79. The van der Waals surface area contributed by atoms with Crippen LogP contribution in [0.15, 0.2) is 11.3 Å². The summed E-state index contributed by atoms with van der Waals surface area (Å²) < 4.78 is 0. The number of hydrogen-bond donors (Lipinski definition) is 2. The molecule has 0 spiro atoms. The lowest BCUT2D eigenvalue weighted by atomic mass is 9.85. The van der Waals surface area contributed by atoms with Gasteiger partial charge in [-0.2, -0.15) is 0 Å². The fraction of sp³-hybridized carbons (Fsp3) is 0.800. The van der Waals surface area contributed by atoms with Crippen LogP contribution in [0.2, 0.25) is 0 Å². The van der Waals surface area contributed by atoms with Gasteiger partial charge in [0.15, 0.2) is 0 Å². The van der Waals surface area contributed by atoms with Crippen molar-refractivity contribution in [2.75, 3.05) is 6.54 Å². The summed E-state index contributed by atoms with van der Waals surface area (Å²) in [6.07, 6.45) is 1.04. The van der Waals surface area contributed by atoms with Crippen molar-refractivity contribution in [3.63, 3.8) is 0 Å². The summed E-state index contributed by atoms with van der Waals surface area (Å²) in [7, 11) is 0. The maximum atomic E-state index is 5.74. The molecule has 4 N–H and O–H groups in total. The van der Waals surface area contributed by atoms with Crippen LogP contribution in [-0.2, 0) is 0 Å². The van der Waals surface area contributed by atoms with Gasteiger partial charge in [0.1, 0.15) is 0 Å². The zero-order chi connectivity index (χ0) is 9.72. The molecule has 0 aliphatic heterocycles. The van der Waals surface area contributed by atoms with Crippen LogP contribution in [0.1, 0.15) is 34.1 Å². The second-order valence-corrected chi connectivity index (χ2v) is 3.79. The van der Waals surface area contributed by atoms with Crippen molar-refractivity contribution >= 4 is 0 Å². The molecule has 72 valence electrons. The van der Waals surface area contributed by atoms with Crippen LogP contribution < -0.4 is 11.5 Å². The molecule has 0 fully saturated rings. The lowest BCUT2D eigenvalue weighted by Gasteiger charge is -2.22. The quantitative estimate of drug-likeness (QED) is 0.676. The number of rotatable bonds is 4. The van der Waals surface area contributed by atoms with E-state index in [0.717, 1.165) is 18.7 Å². The van der Waals surface area contributed by atoms with Gasteiger partial charge in [-0.25, -0.2) is 0 Å². The minimum Gasteiger partial charge on any atom is -0.402 e. The Kier molecular flexibility index (Phi) is 4.98. The molecule has 0 aliphatic rings. The number of hydrogen-bond acceptors (Lipinski definition) is 2. The minimum atomic E-state index is 0.556. The van der Waals surface area contributed by atoms with E-state index in [1.54, 1.807) is 0 Å². The molecular formula is C10H22N2. The SMILES string of the molecule is C/C(N)=C(\C)C(CCN)C(C)C. The summed E-state index contributed by atoms with van der Waals surface area (Å²) >= 11 is 0. The third-order valence-electron chi connectivity index (χ3n) is 2.46. The van der Waals surface area contributed by atoms with Crippen LogP contribution in [0.5, 0.6) is 0 Å². The van der Waals surface area contributed by atoms with Gasteiger partial charge in [0, 0.05) is 5.70 Å². The topological polar surface area (TPSA) is 52.0 Å². The van der Waals surface area contributed by atoms with E-state index in [1.807, 2.05) is 6.92 Å². The highest BCUT2D eigenvalue weighted by atomic mass is 14.6. The molecule has 12 heavy (non-hydrogen) atoms. The highest BCUT2D eigenvalue weighted by Crippen LogP contribution is 2.24. The van der Waals surface area contributed by atoms with Crippen LogP contribution >= 0.6 is 0 Å². The maximum absolute atomic E-state index is 5.74. The van der Waals surface area contributed by atoms with Crippen molar-refractivity contribution in [1.29, 1.82) is 0 Å². The standard InChI is InChI=1S/C10H22N2/c1-7(2)10(5-6-11)8(3)9(4)12/h7,10H,5-6,11-12H2,1-4H3/b9-8-. The maximum Gasteiger partial charge on any atom is 0.00409 e. The summed E-state index contributed by atoms with van der Waals surface area (Å²) in [5, 5.41) is 0. The van der Waals surface area contributed by atoms with Gasteiger partial charge in [-0.15, -0.1) is 0 Å². The van der Waals surface area contributed by atoms with E-state index in [2.05, 4.69) is 20.8 Å². The van der Waals surface area contributed by atoms with E-state index < -0.39 is 0 Å². The normalized spacial score (nSPS) is 16.2. The highest BCUT2D eigenvalue weighted by molar-refractivity contribution is 5.10. The summed E-state index contributed by atoms with van der Waals surface area (Å²) in [6.45, 7) is 9.24. The summed E-state index contributed by atoms with van der Waals surface area (Å²) in [5.74, 6) is 1.19. The minimum absolute atomic E-state index is 0.556. The van der Waals surface area contributed by atoms with Crippen molar-refractivity contribution in [2.24, 2.45) is 23.3 Å². The fourth-order valence-corrected chi connectivity index (χ4v) is 1.52. The van der Waals surface area contributed by atoms with Gasteiger partial charge in [-0.3, -0.25) is 0 Å². The molecule has 2 heteroatoms. The Bertz CT molecular complexity index is 155. The van der Waals surface area contributed by atoms with Crippen molar-refractivity contribution in [3.05, 3.63) is 11.3 Å². The molecule has 1 unspecified atom stereocenters. The molecule has 0 radical (unpaired) electrons. The van der Waals surface area contributed by atoms with Crippen molar-refractivity contribution in [2.45, 2.75) is 34.1 Å². The van der Waals surface area contributed by atoms with Gasteiger partial charge >= 0.3 is 0 Å².